The van der Waals surface area contributed by atoms with Crippen LogP contribution in [-0.2, 0) is 14.3 Å². The fourth-order valence-corrected chi connectivity index (χ4v) is 1.67. The van der Waals surface area contributed by atoms with Crippen LogP contribution < -0.4 is 0 Å². The molecule has 0 aliphatic heterocycles. The molecule has 0 heterocycles. The molecule has 0 fully saturated rings. The number of ether oxygens (including phenoxy) is 1. The van der Waals surface area contributed by atoms with Gasteiger partial charge in [-0.1, -0.05) is 12.7 Å². The van der Waals surface area contributed by atoms with E-state index in [9.17, 15) is 9.59 Å². The van der Waals surface area contributed by atoms with Crippen LogP contribution in [0.2, 0.25) is 0 Å². The second-order valence-corrected chi connectivity index (χ2v) is 4.06. The highest BCUT2D eigenvalue weighted by Gasteiger charge is 2.39. The summed E-state index contributed by atoms with van der Waals surface area (Å²) < 4.78 is 5.26. The topological polar surface area (TPSA) is 43.4 Å². The molecule has 0 amide bonds. The number of hydrogen-bond acceptors (Lipinski definition) is 3. The molecule has 15 heavy (non-hydrogen) atoms. The van der Waals surface area contributed by atoms with Gasteiger partial charge in [-0.05, 0) is 25.0 Å². The summed E-state index contributed by atoms with van der Waals surface area (Å²) in [7, 11) is 0. The van der Waals surface area contributed by atoms with Crippen molar-refractivity contribution in [3.63, 3.8) is 0 Å². The number of hydrogen-bond donors (Lipinski definition) is 0. The molecule has 0 saturated carbocycles. The lowest BCUT2D eigenvalue weighted by atomic mass is 9.80. The van der Waals surface area contributed by atoms with Crippen LogP contribution in [0.4, 0.5) is 0 Å². The van der Waals surface area contributed by atoms with Crippen molar-refractivity contribution in [3.8, 4) is 0 Å². The maximum Gasteiger partial charge on any atom is 0.303 e. The third-order valence-electron chi connectivity index (χ3n) is 2.74. The van der Waals surface area contributed by atoms with Crippen molar-refractivity contribution in [2.75, 3.05) is 0 Å². The van der Waals surface area contributed by atoms with E-state index in [0.29, 0.717) is 6.42 Å². The molecule has 3 nitrogen and oxygen atoms in total. The zero-order valence-electron chi connectivity index (χ0n) is 9.42. The van der Waals surface area contributed by atoms with E-state index in [1.165, 1.54) is 6.92 Å². The molecule has 0 radical (unpaired) electrons. The quantitative estimate of drug-likeness (QED) is 0.516. The molecular weight excluding hydrogens is 192 g/mol. The number of allylic oxidation sites excluding steroid dienone is 1. The summed E-state index contributed by atoms with van der Waals surface area (Å²) in [5.41, 5.74) is 0.636. The molecule has 0 bridgehead atoms. The second-order valence-electron chi connectivity index (χ2n) is 4.06. The molecule has 0 spiro atoms. The molecule has 1 atom stereocenters. The van der Waals surface area contributed by atoms with Gasteiger partial charge in [0, 0.05) is 13.3 Å². The summed E-state index contributed by atoms with van der Waals surface area (Å²) in [6, 6.07) is 0. The number of carbonyl (C=O) groups is 2. The summed E-state index contributed by atoms with van der Waals surface area (Å²) in [5, 5.41) is 0. The average Bonchev–Trinajstić information content (AvgIpc) is 2.10. The van der Waals surface area contributed by atoms with Crippen molar-refractivity contribution in [2.24, 2.45) is 0 Å². The van der Waals surface area contributed by atoms with E-state index in [0.717, 1.165) is 11.1 Å². The van der Waals surface area contributed by atoms with E-state index in [1.54, 1.807) is 13.8 Å². The lowest BCUT2D eigenvalue weighted by Gasteiger charge is -2.35. The fourth-order valence-electron chi connectivity index (χ4n) is 1.67. The van der Waals surface area contributed by atoms with Gasteiger partial charge in [0.2, 0.25) is 0 Å². The summed E-state index contributed by atoms with van der Waals surface area (Å²) in [6.45, 7) is 8.71. The molecule has 0 saturated heterocycles. The van der Waals surface area contributed by atoms with Gasteiger partial charge in [0.25, 0.3) is 0 Å². The Morgan fingerprint density at radius 1 is 1.53 bits per heavy atom. The van der Waals surface area contributed by atoms with Crippen LogP contribution in [-0.4, -0.2) is 17.4 Å². The Labute approximate surface area is 89.8 Å². The van der Waals surface area contributed by atoms with Gasteiger partial charge < -0.3 is 4.74 Å². The zero-order valence-corrected chi connectivity index (χ0v) is 9.42. The summed E-state index contributed by atoms with van der Waals surface area (Å²) >= 11 is 0. The van der Waals surface area contributed by atoms with Crippen molar-refractivity contribution < 1.29 is 14.3 Å². The minimum atomic E-state index is -0.817. The Morgan fingerprint density at radius 2 is 2.13 bits per heavy atom. The van der Waals surface area contributed by atoms with E-state index in [2.05, 4.69) is 6.58 Å². The van der Waals surface area contributed by atoms with Gasteiger partial charge in [-0.3, -0.25) is 9.59 Å². The van der Waals surface area contributed by atoms with Crippen molar-refractivity contribution in [3.05, 3.63) is 23.8 Å². The third-order valence-corrected chi connectivity index (χ3v) is 2.74. The highest BCUT2D eigenvalue weighted by atomic mass is 16.6. The van der Waals surface area contributed by atoms with E-state index in [4.69, 9.17) is 4.74 Å². The summed E-state index contributed by atoms with van der Waals surface area (Å²) in [6.07, 6.45) is 2.56. The smallest absolute Gasteiger partial charge is 0.303 e. The molecular formula is C12H16O3. The standard InChI is InChI=1S/C12H16O3/c1-8(2)12(15-10(4)13)6-5-9(3)11(14)7-12/h5H,1,6-7H2,2-4H3. The van der Waals surface area contributed by atoms with Gasteiger partial charge in [0.05, 0.1) is 6.42 Å². The van der Waals surface area contributed by atoms with Gasteiger partial charge in [0.15, 0.2) is 5.78 Å². The first kappa shape index (κ1) is 11.7. The van der Waals surface area contributed by atoms with Gasteiger partial charge in [-0.2, -0.15) is 0 Å². The third kappa shape index (κ3) is 2.35. The van der Waals surface area contributed by atoms with Crippen LogP contribution in [0.15, 0.2) is 23.8 Å². The van der Waals surface area contributed by atoms with Gasteiger partial charge in [0.1, 0.15) is 5.60 Å². The summed E-state index contributed by atoms with van der Waals surface area (Å²) in [4.78, 5) is 22.6. The largest absolute Gasteiger partial charge is 0.454 e. The van der Waals surface area contributed by atoms with Gasteiger partial charge in [-0.15, -0.1) is 0 Å². The van der Waals surface area contributed by atoms with Gasteiger partial charge in [-0.25, -0.2) is 0 Å². The van der Waals surface area contributed by atoms with Crippen LogP contribution in [0.1, 0.15) is 33.6 Å². The lowest BCUT2D eigenvalue weighted by Crippen LogP contribution is -2.40. The Morgan fingerprint density at radius 3 is 2.53 bits per heavy atom. The Bertz CT molecular complexity index is 352. The van der Waals surface area contributed by atoms with E-state index < -0.39 is 5.60 Å². The minimum absolute atomic E-state index is 0.0190. The fraction of sp³-hybridized carbons (Fsp3) is 0.500. The lowest BCUT2D eigenvalue weighted by molar-refractivity contribution is -0.155. The highest BCUT2D eigenvalue weighted by Crippen LogP contribution is 2.34. The Hall–Kier alpha value is -1.38. The molecule has 82 valence electrons. The minimum Gasteiger partial charge on any atom is -0.454 e. The molecule has 0 aromatic carbocycles. The predicted octanol–water partition coefficient (Wildman–Crippen LogP) is 2.17. The number of carbonyl (C=O) groups excluding carboxylic acids is 2. The van der Waals surface area contributed by atoms with Crippen molar-refractivity contribution >= 4 is 11.8 Å². The molecule has 1 unspecified atom stereocenters. The molecule has 1 aliphatic rings. The molecule has 1 rings (SSSR count). The number of ketones is 1. The van der Waals surface area contributed by atoms with Crippen LogP contribution in [0.5, 0.6) is 0 Å². The molecule has 1 aliphatic carbocycles. The Balaban J connectivity index is 3.00. The maximum atomic E-state index is 11.6. The number of esters is 1. The second kappa shape index (κ2) is 4.01. The van der Waals surface area contributed by atoms with Crippen molar-refractivity contribution in [2.45, 2.75) is 39.2 Å². The first-order valence-corrected chi connectivity index (χ1v) is 4.93. The van der Waals surface area contributed by atoms with Gasteiger partial charge >= 0.3 is 5.97 Å². The zero-order chi connectivity index (χ0) is 11.6. The first-order valence-electron chi connectivity index (χ1n) is 4.93. The summed E-state index contributed by atoms with van der Waals surface area (Å²) in [5.74, 6) is -0.357. The molecule has 0 N–H and O–H groups in total. The molecule has 0 aromatic rings. The maximum absolute atomic E-state index is 11.6. The van der Waals surface area contributed by atoms with Crippen LogP contribution in [0.25, 0.3) is 0 Å². The Kier molecular flexibility index (Phi) is 3.12. The van der Waals surface area contributed by atoms with E-state index >= 15 is 0 Å². The average molecular weight is 208 g/mol. The van der Waals surface area contributed by atoms with Crippen molar-refractivity contribution in [1.29, 1.82) is 0 Å². The molecule has 0 aromatic heterocycles. The normalized spacial score (nSPS) is 25.8. The predicted molar refractivity (Wildman–Crippen MR) is 57.3 cm³/mol. The molecule has 3 heteroatoms. The highest BCUT2D eigenvalue weighted by molar-refractivity contribution is 5.97. The number of Topliss-reactive ketones (excluding diaryl/α,β-unsaturated/α-hetero) is 1. The van der Waals surface area contributed by atoms with Crippen LogP contribution in [0.3, 0.4) is 0 Å². The monoisotopic (exact) mass is 208 g/mol. The number of rotatable bonds is 2. The van der Waals surface area contributed by atoms with E-state index in [-0.39, 0.29) is 18.2 Å². The van der Waals surface area contributed by atoms with Crippen molar-refractivity contribution in [1.82, 2.24) is 0 Å². The SMILES string of the molecule is C=C(C)C1(OC(C)=O)CC=C(C)C(=O)C1. The van der Waals surface area contributed by atoms with Crippen LogP contribution >= 0.6 is 0 Å². The first-order chi connectivity index (χ1) is 6.87. The van der Waals surface area contributed by atoms with E-state index in [1.807, 2.05) is 6.08 Å². The van der Waals surface area contributed by atoms with Crippen LogP contribution in [0, 0.1) is 0 Å².